The van der Waals surface area contributed by atoms with Gasteiger partial charge in [-0.3, -0.25) is 14.2 Å². The Morgan fingerprint density at radius 2 is 1.82 bits per heavy atom. The summed E-state index contributed by atoms with van der Waals surface area (Å²) in [6, 6.07) is 13.1. The second kappa shape index (κ2) is 11.4. The van der Waals surface area contributed by atoms with Crippen LogP contribution in [0.3, 0.4) is 0 Å². The molecule has 3 rings (SSSR count). The van der Waals surface area contributed by atoms with Crippen molar-refractivity contribution in [2.24, 2.45) is 0 Å². The van der Waals surface area contributed by atoms with Gasteiger partial charge < -0.3 is 10.2 Å². The first kappa shape index (κ1) is 24.2. The molecule has 3 aromatic rings. The van der Waals surface area contributed by atoms with Gasteiger partial charge in [-0.05, 0) is 50.2 Å². The maximum absolute atomic E-state index is 14.2. The highest BCUT2D eigenvalue weighted by Gasteiger charge is 2.17. The zero-order valence-corrected chi connectivity index (χ0v) is 19.4. The van der Waals surface area contributed by atoms with Gasteiger partial charge in [-0.15, -0.1) is 16.8 Å². The highest BCUT2D eigenvalue weighted by molar-refractivity contribution is 7.99. The van der Waals surface area contributed by atoms with Crippen molar-refractivity contribution >= 4 is 29.3 Å². The lowest BCUT2D eigenvalue weighted by atomic mass is 10.2. The van der Waals surface area contributed by atoms with Crippen LogP contribution in [0.4, 0.5) is 10.1 Å². The van der Waals surface area contributed by atoms with Gasteiger partial charge in [-0.2, -0.15) is 0 Å². The van der Waals surface area contributed by atoms with Crippen LogP contribution in [-0.4, -0.2) is 50.3 Å². The lowest BCUT2D eigenvalue weighted by Gasteiger charge is -2.18. The lowest BCUT2D eigenvalue weighted by Crippen LogP contribution is -2.30. The number of amides is 2. The molecule has 0 aliphatic carbocycles. The second-order valence-corrected chi connectivity index (χ2v) is 8.02. The zero-order chi connectivity index (χ0) is 23.8. The Hall–Kier alpha value is -3.46. The molecule has 1 heterocycles. The van der Waals surface area contributed by atoms with Crippen LogP contribution in [0.15, 0.2) is 66.3 Å². The molecule has 0 unspecified atom stereocenters. The van der Waals surface area contributed by atoms with E-state index in [4.69, 9.17) is 0 Å². The van der Waals surface area contributed by atoms with Crippen molar-refractivity contribution in [2.75, 3.05) is 24.2 Å². The third-order valence-electron chi connectivity index (χ3n) is 4.94. The van der Waals surface area contributed by atoms with E-state index in [0.717, 1.165) is 0 Å². The fourth-order valence-electron chi connectivity index (χ4n) is 3.25. The van der Waals surface area contributed by atoms with E-state index in [2.05, 4.69) is 22.1 Å². The molecule has 1 aromatic heterocycles. The van der Waals surface area contributed by atoms with Gasteiger partial charge in [0.25, 0.3) is 5.91 Å². The molecule has 0 saturated heterocycles. The first-order valence-corrected chi connectivity index (χ1v) is 11.6. The fraction of sp³-hybridized carbons (Fsp3) is 0.250. The van der Waals surface area contributed by atoms with Crippen molar-refractivity contribution in [3.8, 4) is 11.4 Å². The van der Waals surface area contributed by atoms with Gasteiger partial charge in [0.1, 0.15) is 5.82 Å². The van der Waals surface area contributed by atoms with Crippen LogP contribution < -0.4 is 5.32 Å². The largest absolute Gasteiger partial charge is 0.339 e. The Bertz CT molecular complexity index is 1130. The van der Waals surface area contributed by atoms with Crippen LogP contribution in [0.5, 0.6) is 0 Å². The average Bonchev–Trinajstić information content (AvgIpc) is 3.22. The molecule has 1 N–H and O–H groups in total. The number of nitrogens with one attached hydrogen (secondary N) is 1. The molecule has 0 spiro atoms. The number of halogens is 1. The van der Waals surface area contributed by atoms with Gasteiger partial charge >= 0.3 is 0 Å². The summed E-state index contributed by atoms with van der Waals surface area (Å²) >= 11 is 1.20. The first-order chi connectivity index (χ1) is 16.0. The van der Waals surface area contributed by atoms with E-state index < -0.39 is 5.82 Å². The number of nitrogens with zero attached hydrogens (tertiary/aromatic N) is 4. The summed E-state index contributed by atoms with van der Waals surface area (Å²) in [4.78, 5) is 26.6. The van der Waals surface area contributed by atoms with E-state index in [1.54, 1.807) is 58.0 Å². The molecule has 9 heteroatoms. The number of hydrogen-bond donors (Lipinski definition) is 1. The van der Waals surface area contributed by atoms with E-state index in [9.17, 15) is 14.0 Å². The molecule has 0 fully saturated rings. The highest BCUT2D eigenvalue weighted by Crippen LogP contribution is 2.26. The van der Waals surface area contributed by atoms with Crippen LogP contribution in [0.1, 0.15) is 24.2 Å². The van der Waals surface area contributed by atoms with Crippen molar-refractivity contribution in [2.45, 2.75) is 25.5 Å². The molecule has 33 heavy (non-hydrogen) atoms. The van der Waals surface area contributed by atoms with E-state index >= 15 is 0 Å². The van der Waals surface area contributed by atoms with Crippen LogP contribution in [0, 0.1) is 5.82 Å². The molecule has 0 aliphatic heterocycles. The quantitative estimate of drug-likeness (QED) is 0.351. The SMILES string of the molecule is C=CCn1c(SCC(=O)Nc2ccc(C(=O)N(CC)CC)cc2)nnc1-c1ccccc1F. The molecule has 0 saturated carbocycles. The summed E-state index contributed by atoms with van der Waals surface area (Å²) in [5.74, 6) is -0.201. The van der Waals surface area contributed by atoms with Crippen molar-refractivity contribution in [3.05, 3.63) is 72.6 Å². The summed E-state index contributed by atoms with van der Waals surface area (Å²) in [6.45, 7) is 9.26. The van der Waals surface area contributed by atoms with Gasteiger partial charge in [0.2, 0.25) is 5.91 Å². The highest BCUT2D eigenvalue weighted by atomic mass is 32.2. The van der Waals surface area contributed by atoms with E-state index in [-0.39, 0.29) is 17.6 Å². The maximum Gasteiger partial charge on any atom is 0.253 e. The molecule has 172 valence electrons. The molecule has 0 aliphatic rings. The predicted octanol–water partition coefficient (Wildman–Crippen LogP) is 4.48. The Kier molecular flexibility index (Phi) is 8.37. The Balaban J connectivity index is 1.65. The number of hydrogen-bond acceptors (Lipinski definition) is 5. The van der Waals surface area contributed by atoms with Crippen LogP contribution in [0.25, 0.3) is 11.4 Å². The topological polar surface area (TPSA) is 80.1 Å². The fourth-order valence-corrected chi connectivity index (χ4v) is 4.00. The van der Waals surface area contributed by atoms with Gasteiger partial charge in [0, 0.05) is 30.9 Å². The molecule has 0 radical (unpaired) electrons. The third kappa shape index (κ3) is 5.87. The average molecular weight is 468 g/mol. The number of aromatic nitrogens is 3. The lowest BCUT2D eigenvalue weighted by molar-refractivity contribution is -0.113. The molecule has 0 bridgehead atoms. The smallest absolute Gasteiger partial charge is 0.253 e. The van der Waals surface area contributed by atoms with Crippen LogP contribution in [0.2, 0.25) is 0 Å². The molecule has 2 amide bonds. The number of allylic oxidation sites excluding steroid dienone is 1. The summed E-state index contributed by atoms with van der Waals surface area (Å²) in [7, 11) is 0. The van der Waals surface area contributed by atoms with Crippen molar-refractivity contribution in [1.82, 2.24) is 19.7 Å². The van der Waals surface area contributed by atoms with Crippen molar-refractivity contribution in [3.63, 3.8) is 0 Å². The number of rotatable bonds is 10. The number of benzene rings is 2. The molecular weight excluding hydrogens is 441 g/mol. The van der Waals surface area contributed by atoms with Gasteiger partial charge in [-0.1, -0.05) is 30.0 Å². The molecule has 0 atom stereocenters. The Morgan fingerprint density at radius 1 is 1.12 bits per heavy atom. The first-order valence-electron chi connectivity index (χ1n) is 10.6. The monoisotopic (exact) mass is 467 g/mol. The predicted molar refractivity (Wildman–Crippen MR) is 129 cm³/mol. The molecular formula is C24H26FN5O2S. The minimum absolute atomic E-state index is 0.0411. The second-order valence-electron chi connectivity index (χ2n) is 7.08. The summed E-state index contributed by atoms with van der Waals surface area (Å²) in [5, 5.41) is 11.6. The zero-order valence-electron chi connectivity index (χ0n) is 18.6. The van der Waals surface area contributed by atoms with E-state index in [1.165, 1.54) is 17.8 Å². The minimum Gasteiger partial charge on any atom is -0.339 e. The summed E-state index contributed by atoms with van der Waals surface area (Å²) in [5.41, 5.74) is 1.50. The Morgan fingerprint density at radius 3 is 2.45 bits per heavy atom. The number of anilines is 1. The molecule has 2 aromatic carbocycles. The number of carbonyl (C=O) groups is 2. The van der Waals surface area contributed by atoms with Crippen molar-refractivity contribution < 1.29 is 14.0 Å². The van der Waals surface area contributed by atoms with Gasteiger partial charge in [0.05, 0.1) is 11.3 Å². The van der Waals surface area contributed by atoms with Crippen molar-refractivity contribution in [1.29, 1.82) is 0 Å². The standard InChI is InChI=1S/C24H26FN5O2S/c1-4-15-30-22(19-9-7-8-10-20(19)25)27-28-24(30)33-16-21(31)26-18-13-11-17(12-14-18)23(32)29(5-2)6-3/h4,7-14H,1,5-6,15-16H2,2-3H3,(H,26,31). The van der Waals surface area contributed by atoms with Gasteiger partial charge in [0.15, 0.2) is 11.0 Å². The van der Waals surface area contributed by atoms with Crippen LogP contribution >= 0.6 is 11.8 Å². The summed E-state index contributed by atoms with van der Waals surface area (Å²) < 4.78 is 15.9. The number of carbonyl (C=O) groups excluding carboxylic acids is 2. The van der Waals surface area contributed by atoms with Crippen LogP contribution in [-0.2, 0) is 11.3 Å². The Labute approximate surface area is 196 Å². The van der Waals surface area contributed by atoms with E-state index in [1.807, 2.05) is 13.8 Å². The van der Waals surface area contributed by atoms with E-state index in [0.29, 0.717) is 47.4 Å². The molecule has 7 nitrogen and oxygen atoms in total. The van der Waals surface area contributed by atoms with Gasteiger partial charge in [-0.25, -0.2) is 4.39 Å². The minimum atomic E-state index is -0.396. The number of thioether (sulfide) groups is 1. The summed E-state index contributed by atoms with van der Waals surface area (Å²) in [6.07, 6.45) is 1.67. The normalized spacial score (nSPS) is 10.6. The third-order valence-corrected chi connectivity index (χ3v) is 5.91. The maximum atomic E-state index is 14.2.